The summed E-state index contributed by atoms with van der Waals surface area (Å²) in [7, 11) is 1.33. The lowest BCUT2D eigenvalue weighted by molar-refractivity contribution is 0.0593. The summed E-state index contributed by atoms with van der Waals surface area (Å²) < 4.78 is 4.58. The summed E-state index contributed by atoms with van der Waals surface area (Å²) in [4.78, 5) is 19.3. The minimum absolute atomic E-state index is 0.233. The van der Waals surface area contributed by atoms with Crippen LogP contribution in [0.15, 0.2) is 12.4 Å². The zero-order valence-electron chi connectivity index (χ0n) is 9.43. The van der Waals surface area contributed by atoms with Crippen LogP contribution in [0.4, 0.5) is 5.82 Å². The molecular formula is C11H15N3O2. The smallest absolute Gasteiger partial charge is 0.358 e. The van der Waals surface area contributed by atoms with Gasteiger partial charge in [0.05, 0.1) is 19.5 Å². The van der Waals surface area contributed by atoms with Crippen LogP contribution in [0.1, 0.15) is 23.8 Å². The summed E-state index contributed by atoms with van der Waals surface area (Å²) in [6, 6.07) is 0. The third-order valence-corrected chi connectivity index (χ3v) is 2.85. The number of hydrogen-bond acceptors (Lipinski definition) is 5. The molecule has 1 aliphatic rings. The number of nitrogens with one attached hydrogen (secondary N) is 1. The molecule has 1 heterocycles. The van der Waals surface area contributed by atoms with Crippen molar-refractivity contribution in [1.29, 1.82) is 0 Å². The van der Waals surface area contributed by atoms with Crippen molar-refractivity contribution in [3.63, 3.8) is 0 Å². The van der Waals surface area contributed by atoms with Gasteiger partial charge in [-0.25, -0.2) is 9.78 Å². The van der Waals surface area contributed by atoms with Crippen molar-refractivity contribution in [2.75, 3.05) is 19.0 Å². The lowest BCUT2D eigenvalue weighted by atomic mass is 10.3. The van der Waals surface area contributed by atoms with E-state index in [2.05, 4.69) is 26.9 Å². The molecule has 1 aliphatic carbocycles. The van der Waals surface area contributed by atoms with Crippen LogP contribution >= 0.6 is 0 Å². The Morgan fingerprint density at radius 1 is 1.62 bits per heavy atom. The summed E-state index contributed by atoms with van der Waals surface area (Å²) in [5.74, 6) is 1.69. The van der Waals surface area contributed by atoms with E-state index in [1.807, 2.05) is 0 Å². The fourth-order valence-corrected chi connectivity index (χ4v) is 1.57. The van der Waals surface area contributed by atoms with Gasteiger partial charge < -0.3 is 10.1 Å². The zero-order chi connectivity index (χ0) is 11.5. The summed E-state index contributed by atoms with van der Waals surface area (Å²) in [6.45, 7) is 3.11. The first kappa shape index (κ1) is 10.9. The van der Waals surface area contributed by atoms with Crippen molar-refractivity contribution in [3.8, 4) is 0 Å². The number of carbonyl (C=O) groups excluding carboxylic acids is 1. The van der Waals surface area contributed by atoms with Crippen LogP contribution in [0.3, 0.4) is 0 Å². The highest BCUT2D eigenvalue weighted by atomic mass is 16.5. The van der Waals surface area contributed by atoms with E-state index in [9.17, 15) is 4.79 Å². The number of anilines is 1. The second-order valence-electron chi connectivity index (χ2n) is 4.14. The minimum atomic E-state index is -0.462. The van der Waals surface area contributed by atoms with E-state index in [1.165, 1.54) is 19.7 Å². The molecule has 1 N–H and O–H groups in total. The van der Waals surface area contributed by atoms with Crippen molar-refractivity contribution in [2.45, 2.75) is 13.3 Å². The number of hydrogen-bond donors (Lipinski definition) is 1. The summed E-state index contributed by atoms with van der Waals surface area (Å²) >= 11 is 0. The lowest BCUT2D eigenvalue weighted by Gasteiger charge is -2.05. The average molecular weight is 221 g/mol. The predicted molar refractivity (Wildman–Crippen MR) is 59.1 cm³/mol. The Labute approximate surface area is 94.2 Å². The third kappa shape index (κ3) is 2.48. The summed E-state index contributed by atoms with van der Waals surface area (Å²) in [5.41, 5.74) is 0.233. The zero-order valence-corrected chi connectivity index (χ0v) is 9.43. The number of ether oxygens (including phenoxy) is 1. The van der Waals surface area contributed by atoms with Crippen LogP contribution in [0, 0.1) is 11.8 Å². The molecule has 1 saturated carbocycles. The average Bonchev–Trinajstić information content (AvgIpc) is 3.02. The monoisotopic (exact) mass is 221 g/mol. The Hall–Kier alpha value is -1.65. The molecule has 5 heteroatoms. The van der Waals surface area contributed by atoms with Gasteiger partial charge in [-0.2, -0.15) is 0 Å². The quantitative estimate of drug-likeness (QED) is 0.777. The van der Waals surface area contributed by atoms with Crippen LogP contribution < -0.4 is 5.32 Å². The molecule has 1 aromatic heterocycles. The van der Waals surface area contributed by atoms with E-state index in [-0.39, 0.29) is 5.69 Å². The number of rotatable bonds is 4. The molecule has 0 saturated heterocycles. The van der Waals surface area contributed by atoms with Gasteiger partial charge in [-0.3, -0.25) is 4.98 Å². The number of methoxy groups -OCH3 is 1. The summed E-state index contributed by atoms with van der Waals surface area (Å²) in [6.07, 6.45) is 4.27. The van der Waals surface area contributed by atoms with Gasteiger partial charge in [0.25, 0.3) is 0 Å². The van der Waals surface area contributed by atoms with Crippen LogP contribution in [0.5, 0.6) is 0 Å². The Bertz CT molecular complexity index is 395. The number of esters is 1. The molecule has 2 atom stereocenters. The van der Waals surface area contributed by atoms with E-state index in [0.717, 1.165) is 18.4 Å². The van der Waals surface area contributed by atoms with E-state index < -0.39 is 5.97 Å². The molecule has 86 valence electrons. The standard InChI is InChI=1S/C11H15N3O2/c1-7-3-8(7)4-13-10-6-12-5-9(14-10)11(15)16-2/h5-8H,3-4H2,1-2H3,(H,13,14). The van der Waals surface area contributed by atoms with E-state index >= 15 is 0 Å². The molecule has 0 aliphatic heterocycles. The molecule has 0 amide bonds. The van der Waals surface area contributed by atoms with E-state index in [4.69, 9.17) is 0 Å². The number of carbonyl (C=O) groups is 1. The fourth-order valence-electron chi connectivity index (χ4n) is 1.57. The second-order valence-corrected chi connectivity index (χ2v) is 4.14. The maximum atomic E-state index is 11.2. The lowest BCUT2D eigenvalue weighted by Crippen LogP contribution is -2.10. The first-order valence-corrected chi connectivity index (χ1v) is 5.35. The van der Waals surface area contributed by atoms with Crippen molar-refractivity contribution in [3.05, 3.63) is 18.1 Å². The number of aromatic nitrogens is 2. The maximum absolute atomic E-state index is 11.2. The van der Waals surface area contributed by atoms with Gasteiger partial charge in [-0.05, 0) is 18.3 Å². The molecule has 0 radical (unpaired) electrons. The van der Waals surface area contributed by atoms with Gasteiger partial charge in [0.1, 0.15) is 5.82 Å². The van der Waals surface area contributed by atoms with Crippen LogP contribution in [-0.4, -0.2) is 29.6 Å². The normalized spacial score (nSPS) is 22.6. The highest BCUT2D eigenvalue weighted by molar-refractivity contribution is 5.87. The van der Waals surface area contributed by atoms with Gasteiger partial charge in [-0.15, -0.1) is 0 Å². The highest BCUT2D eigenvalue weighted by Crippen LogP contribution is 2.37. The van der Waals surface area contributed by atoms with Gasteiger partial charge in [0, 0.05) is 6.54 Å². The molecule has 1 aromatic rings. The molecule has 5 nitrogen and oxygen atoms in total. The minimum Gasteiger partial charge on any atom is -0.464 e. The van der Waals surface area contributed by atoms with Crippen molar-refractivity contribution in [1.82, 2.24) is 9.97 Å². The van der Waals surface area contributed by atoms with Gasteiger partial charge >= 0.3 is 5.97 Å². The fraction of sp³-hybridized carbons (Fsp3) is 0.545. The highest BCUT2D eigenvalue weighted by Gasteiger charge is 2.31. The van der Waals surface area contributed by atoms with E-state index in [1.54, 1.807) is 6.20 Å². The Balaban J connectivity index is 1.96. The van der Waals surface area contributed by atoms with Crippen molar-refractivity contribution >= 4 is 11.8 Å². The predicted octanol–water partition coefficient (Wildman–Crippen LogP) is 1.33. The van der Waals surface area contributed by atoms with Crippen molar-refractivity contribution < 1.29 is 9.53 Å². The first-order chi connectivity index (χ1) is 7.70. The van der Waals surface area contributed by atoms with Crippen molar-refractivity contribution in [2.24, 2.45) is 11.8 Å². The molecule has 0 bridgehead atoms. The molecule has 0 aromatic carbocycles. The van der Waals surface area contributed by atoms with Gasteiger partial charge in [0.15, 0.2) is 5.69 Å². The Kier molecular flexibility index (Phi) is 3.03. The molecule has 2 unspecified atom stereocenters. The molecule has 2 rings (SSSR count). The molecule has 0 spiro atoms. The SMILES string of the molecule is COC(=O)c1cncc(NCC2CC2C)n1. The van der Waals surface area contributed by atoms with Gasteiger partial charge in [-0.1, -0.05) is 6.92 Å². The van der Waals surface area contributed by atoms with Gasteiger partial charge in [0.2, 0.25) is 0 Å². The maximum Gasteiger partial charge on any atom is 0.358 e. The van der Waals surface area contributed by atoms with Crippen LogP contribution in [0.2, 0.25) is 0 Å². The molecular weight excluding hydrogens is 206 g/mol. The van der Waals surface area contributed by atoms with Crippen LogP contribution in [0.25, 0.3) is 0 Å². The Morgan fingerprint density at radius 3 is 3.00 bits per heavy atom. The second kappa shape index (κ2) is 4.47. The molecule has 1 fully saturated rings. The topological polar surface area (TPSA) is 64.1 Å². The summed E-state index contributed by atoms with van der Waals surface area (Å²) in [5, 5.41) is 3.17. The van der Waals surface area contributed by atoms with E-state index in [0.29, 0.717) is 5.82 Å². The van der Waals surface area contributed by atoms with Crippen LogP contribution in [-0.2, 0) is 4.74 Å². The largest absolute Gasteiger partial charge is 0.464 e. The molecule has 16 heavy (non-hydrogen) atoms. The Morgan fingerprint density at radius 2 is 2.38 bits per heavy atom. The number of nitrogens with zero attached hydrogens (tertiary/aromatic N) is 2. The first-order valence-electron chi connectivity index (χ1n) is 5.35. The third-order valence-electron chi connectivity index (χ3n) is 2.85.